The Labute approximate surface area is 184 Å². The molecule has 2 aromatic carbocycles. The zero-order valence-electron chi connectivity index (χ0n) is 16.7. The molecule has 0 spiro atoms. The topological polar surface area (TPSA) is 67.4 Å². The van der Waals surface area contributed by atoms with Gasteiger partial charge in [0.15, 0.2) is 0 Å². The number of hydrogen-bond acceptors (Lipinski definition) is 6. The van der Waals surface area contributed by atoms with Crippen molar-refractivity contribution in [1.82, 2.24) is 15.1 Å². The Morgan fingerprint density at radius 1 is 1.13 bits per heavy atom. The number of carbonyl (C=O) groups excluding carboxylic acids is 1. The Kier molecular flexibility index (Phi) is 6.62. The van der Waals surface area contributed by atoms with E-state index in [0.29, 0.717) is 5.13 Å². The summed E-state index contributed by atoms with van der Waals surface area (Å²) in [6.45, 7) is 2.68. The third-order valence-electron chi connectivity index (χ3n) is 5.27. The van der Waals surface area contributed by atoms with Crippen LogP contribution in [0.1, 0.15) is 18.4 Å². The van der Waals surface area contributed by atoms with Gasteiger partial charge in [-0.1, -0.05) is 35.1 Å². The summed E-state index contributed by atoms with van der Waals surface area (Å²) in [5, 5.41) is 13.3. The van der Waals surface area contributed by atoms with Gasteiger partial charge in [-0.3, -0.25) is 9.69 Å². The van der Waals surface area contributed by atoms with Gasteiger partial charge in [0.2, 0.25) is 11.0 Å². The van der Waals surface area contributed by atoms with E-state index in [2.05, 4.69) is 32.5 Å². The van der Waals surface area contributed by atoms with Crippen LogP contribution >= 0.6 is 22.9 Å². The quantitative estimate of drug-likeness (QED) is 0.598. The molecule has 1 fully saturated rings. The molecule has 8 heteroatoms. The minimum Gasteiger partial charge on any atom is -0.497 e. The maximum absolute atomic E-state index is 12.7. The van der Waals surface area contributed by atoms with E-state index in [1.807, 2.05) is 36.4 Å². The Bertz CT molecular complexity index is 983. The average Bonchev–Trinajstić information content (AvgIpc) is 3.24. The number of methoxy groups -OCH3 is 1. The van der Waals surface area contributed by atoms with Gasteiger partial charge in [-0.25, -0.2) is 0 Å². The van der Waals surface area contributed by atoms with Crippen LogP contribution in [0.25, 0.3) is 10.6 Å². The number of nitrogens with one attached hydrogen (secondary N) is 1. The molecule has 30 heavy (non-hydrogen) atoms. The van der Waals surface area contributed by atoms with E-state index < -0.39 is 0 Å². The molecule has 4 rings (SSSR count). The molecule has 2 heterocycles. The standard InChI is InChI=1S/C22H23ClN4O2S/c1-29-19-8-4-17(5-9-19)21-25-26-22(30-21)24-20(28)16-10-12-27(13-11-16)14-15-2-6-18(23)7-3-15/h2-9,16H,10-14H2,1H3,(H,24,26,28). The summed E-state index contributed by atoms with van der Waals surface area (Å²) in [5.74, 6) is 0.817. The summed E-state index contributed by atoms with van der Waals surface area (Å²) in [4.78, 5) is 15.1. The lowest BCUT2D eigenvalue weighted by Gasteiger charge is -2.31. The Hall–Kier alpha value is -2.48. The molecule has 0 saturated carbocycles. The fourth-order valence-electron chi connectivity index (χ4n) is 3.53. The van der Waals surface area contributed by atoms with Crippen LogP contribution in [0.5, 0.6) is 5.75 Å². The molecule has 1 amide bonds. The van der Waals surface area contributed by atoms with Crippen molar-refractivity contribution in [2.45, 2.75) is 19.4 Å². The molecule has 1 aliphatic rings. The lowest BCUT2D eigenvalue weighted by molar-refractivity contribution is -0.121. The average molecular weight is 443 g/mol. The molecule has 1 aromatic heterocycles. The van der Waals surface area contributed by atoms with Gasteiger partial charge in [0, 0.05) is 23.0 Å². The van der Waals surface area contributed by atoms with E-state index in [1.54, 1.807) is 7.11 Å². The van der Waals surface area contributed by atoms with Crippen molar-refractivity contribution in [2.75, 3.05) is 25.5 Å². The van der Waals surface area contributed by atoms with E-state index in [4.69, 9.17) is 16.3 Å². The number of benzene rings is 2. The van der Waals surface area contributed by atoms with Crippen LogP contribution in [0.2, 0.25) is 5.02 Å². The highest BCUT2D eigenvalue weighted by Gasteiger charge is 2.25. The smallest absolute Gasteiger partial charge is 0.229 e. The highest BCUT2D eigenvalue weighted by Crippen LogP contribution is 2.29. The number of piperidine rings is 1. The Morgan fingerprint density at radius 3 is 2.50 bits per heavy atom. The van der Waals surface area contributed by atoms with Gasteiger partial charge in [-0.05, 0) is 67.9 Å². The second kappa shape index (κ2) is 9.55. The van der Waals surface area contributed by atoms with E-state index in [9.17, 15) is 4.79 Å². The second-order valence-corrected chi connectivity index (χ2v) is 8.72. The van der Waals surface area contributed by atoms with Gasteiger partial charge < -0.3 is 10.1 Å². The number of amides is 1. The summed E-state index contributed by atoms with van der Waals surface area (Å²) in [6.07, 6.45) is 1.67. The van der Waals surface area contributed by atoms with Crippen LogP contribution in [0.15, 0.2) is 48.5 Å². The number of nitrogens with zero attached hydrogens (tertiary/aromatic N) is 3. The summed E-state index contributed by atoms with van der Waals surface area (Å²) >= 11 is 7.33. The third-order valence-corrected chi connectivity index (χ3v) is 6.41. The first-order chi connectivity index (χ1) is 14.6. The van der Waals surface area contributed by atoms with E-state index in [1.165, 1.54) is 16.9 Å². The van der Waals surface area contributed by atoms with Crippen molar-refractivity contribution in [2.24, 2.45) is 5.92 Å². The molecule has 156 valence electrons. The van der Waals surface area contributed by atoms with Gasteiger partial charge >= 0.3 is 0 Å². The van der Waals surface area contributed by atoms with Crippen LogP contribution in [-0.4, -0.2) is 41.2 Å². The zero-order valence-corrected chi connectivity index (χ0v) is 18.2. The summed E-state index contributed by atoms with van der Waals surface area (Å²) in [6, 6.07) is 15.6. The van der Waals surface area contributed by atoms with Gasteiger partial charge in [0.25, 0.3) is 0 Å². The highest BCUT2D eigenvalue weighted by molar-refractivity contribution is 7.18. The first-order valence-corrected chi connectivity index (χ1v) is 11.1. The molecule has 0 aliphatic carbocycles. The van der Waals surface area contributed by atoms with Crippen LogP contribution in [0, 0.1) is 5.92 Å². The minimum absolute atomic E-state index is 0.000181. The van der Waals surface area contributed by atoms with Crippen molar-refractivity contribution in [3.63, 3.8) is 0 Å². The number of carbonyl (C=O) groups is 1. The minimum atomic E-state index is -0.000181. The fraction of sp³-hybridized carbons (Fsp3) is 0.318. The molecule has 3 aromatic rings. The Balaban J connectivity index is 1.28. The first-order valence-electron chi connectivity index (χ1n) is 9.86. The summed E-state index contributed by atoms with van der Waals surface area (Å²) in [7, 11) is 1.63. The van der Waals surface area contributed by atoms with Crippen LogP contribution in [0.4, 0.5) is 5.13 Å². The van der Waals surface area contributed by atoms with Gasteiger partial charge in [-0.2, -0.15) is 0 Å². The van der Waals surface area contributed by atoms with E-state index in [-0.39, 0.29) is 11.8 Å². The SMILES string of the molecule is COc1ccc(-c2nnc(NC(=O)C3CCN(Cc4ccc(Cl)cc4)CC3)s2)cc1. The first kappa shape index (κ1) is 20.8. The van der Waals surface area contributed by atoms with Crippen LogP contribution in [0.3, 0.4) is 0 Å². The summed E-state index contributed by atoms with van der Waals surface area (Å²) < 4.78 is 5.18. The number of rotatable bonds is 6. The monoisotopic (exact) mass is 442 g/mol. The largest absolute Gasteiger partial charge is 0.497 e. The van der Waals surface area contributed by atoms with Crippen molar-refractivity contribution >= 4 is 34.0 Å². The van der Waals surface area contributed by atoms with Gasteiger partial charge in [0.1, 0.15) is 10.8 Å². The molecule has 1 aliphatic heterocycles. The lowest BCUT2D eigenvalue weighted by atomic mass is 9.95. The third kappa shape index (κ3) is 5.16. The maximum atomic E-state index is 12.7. The molecule has 0 atom stereocenters. The van der Waals surface area contributed by atoms with Crippen molar-refractivity contribution in [3.05, 3.63) is 59.1 Å². The number of likely N-dealkylation sites (tertiary alicyclic amines) is 1. The van der Waals surface area contributed by atoms with Gasteiger partial charge in [0.05, 0.1) is 7.11 Å². The van der Waals surface area contributed by atoms with Crippen molar-refractivity contribution in [3.8, 4) is 16.3 Å². The molecule has 1 N–H and O–H groups in total. The predicted molar refractivity (Wildman–Crippen MR) is 120 cm³/mol. The highest BCUT2D eigenvalue weighted by atomic mass is 35.5. The molecule has 0 bridgehead atoms. The van der Waals surface area contributed by atoms with Crippen molar-refractivity contribution < 1.29 is 9.53 Å². The van der Waals surface area contributed by atoms with Gasteiger partial charge in [-0.15, -0.1) is 10.2 Å². The molecule has 1 saturated heterocycles. The number of ether oxygens (including phenoxy) is 1. The van der Waals surface area contributed by atoms with Crippen LogP contribution < -0.4 is 10.1 Å². The number of aromatic nitrogens is 2. The zero-order chi connectivity index (χ0) is 20.9. The van der Waals surface area contributed by atoms with E-state index in [0.717, 1.165) is 53.8 Å². The summed E-state index contributed by atoms with van der Waals surface area (Å²) in [5.41, 5.74) is 2.19. The molecule has 6 nitrogen and oxygen atoms in total. The normalized spacial score (nSPS) is 15.1. The fourth-order valence-corrected chi connectivity index (χ4v) is 4.41. The Morgan fingerprint density at radius 2 is 1.83 bits per heavy atom. The van der Waals surface area contributed by atoms with Crippen LogP contribution in [-0.2, 0) is 11.3 Å². The maximum Gasteiger partial charge on any atom is 0.229 e. The molecule has 0 radical (unpaired) electrons. The molecular weight excluding hydrogens is 420 g/mol. The number of anilines is 1. The second-order valence-electron chi connectivity index (χ2n) is 7.31. The molecule has 0 unspecified atom stereocenters. The van der Waals surface area contributed by atoms with Crippen molar-refractivity contribution in [1.29, 1.82) is 0 Å². The number of halogens is 1. The number of hydrogen-bond donors (Lipinski definition) is 1. The molecular formula is C22H23ClN4O2S. The lowest BCUT2D eigenvalue weighted by Crippen LogP contribution is -2.37. The predicted octanol–water partition coefficient (Wildman–Crippen LogP) is 4.72. The van der Waals surface area contributed by atoms with E-state index >= 15 is 0 Å².